The molecule has 2 fully saturated rings. The van der Waals surface area contributed by atoms with Crippen LogP contribution in [0.5, 0.6) is 0 Å². The third kappa shape index (κ3) is 5.20. The van der Waals surface area contributed by atoms with Gasteiger partial charge in [-0.1, -0.05) is 12.8 Å². The van der Waals surface area contributed by atoms with Crippen LogP contribution in [-0.2, 0) is 10.7 Å². The summed E-state index contributed by atoms with van der Waals surface area (Å²) in [6.07, 6.45) is -1.49. The van der Waals surface area contributed by atoms with Crippen LogP contribution in [0.2, 0.25) is 0 Å². The molecular formula is C21H28F5N3O2. The van der Waals surface area contributed by atoms with Crippen molar-refractivity contribution in [3.63, 3.8) is 0 Å². The summed E-state index contributed by atoms with van der Waals surface area (Å²) in [5.74, 6) is -4.35. The molecule has 2 heterocycles. The Hall–Kier alpha value is -2.13. The quantitative estimate of drug-likeness (QED) is 0.611. The smallest absolute Gasteiger partial charge is 0.444 e. The number of aromatic nitrogens is 1. The first-order valence-corrected chi connectivity index (χ1v) is 10.4. The number of carbonyl (C=O) groups is 1. The Morgan fingerprint density at radius 2 is 1.84 bits per heavy atom. The van der Waals surface area contributed by atoms with Gasteiger partial charge in [-0.15, -0.1) is 0 Å². The van der Waals surface area contributed by atoms with Crippen molar-refractivity contribution in [2.24, 2.45) is 11.8 Å². The molecule has 1 N–H and O–H groups in total. The van der Waals surface area contributed by atoms with E-state index in [1.165, 1.54) is 0 Å². The van der Waals surface area contributed by atoms with Gasteiger partial charge in [0.05, 0.1) is 0 Å². The van der Waals surface area contributed by atoms with E-state index in [0.717, 1.165) is 37.8 Å². The molecule has 3 atom stereocenters. The van der Waals surface area contributed by atoms with Crippen molar-refractivity contribution in [2.45, 2.75) is 70.2 Å². The number of hydrogen-bond acceptors (Lipinski definition) is 4. The van der Waals surface area contributed by atoms with Gasteiger partial charge in [-0.05, 0) is 57.6 Å². The molecule has 3 unspecified atom stereocenters. The Bertz CT molecular complexity index is 777. The van der Waals surface area contributed by atoms with Crippen LogP contribution in [0, 0.1) is 11.8 Å². The van der Waals surface area contributed by atoms with Crippen molar-refractivity contribution in [2.75, 3.05) is 18.4 Å². The summed E-state index contributed by atoms with van der Waals surface area (Å²) in [4.78, 5) is 18.2. The summed E-state index contributed by atoms with van der Waals surface area (Å²) in [6, 6.07) is 1.94. The molecule has 1 saturated carbocycles. The van der Waals surface area contributed by atoms with E-state index in [0.29, 0.717) is 19.3 Å². The fourth-order valence-corrected chi connectivity index (χ4v) is 4.43. The van der Waals surface area contributed by atoms with Crippen LogP contribution in [0.15, 0.2) is 18.3 Å². The van der Waals surface area contributed by atoms with E-state index < -0.39 is 23.3 Å². The SMILES string of the molecule is CC(C)(C)OC(=O)N1CC(CNc2ccc(C(F)(F)C(F)(F)F)cn2)C2CCCCC21. The predicted molar refractivity (Wildman–Crippen MR) is 105 cm³/mol. The molecule has 1 aliphatic carbocycles. The van der Waals surface area contributed by atoms with Crippen LogP contribution in [-0.4, -0.2) is 46.9 Å². The second-order valence-electron chi connectivity index (χ2n) is 9.29. The van der Waals surface area contributed by atoms with E-state index in [4.69, 9.17) is 4.74 Å². The lowest BCUT2D eigenvalue weighted by molar-refractivity contribution is -0.289. The number of nitrogens with one attached hydrogen (secondary N) is 1. The lowest BCUT2D eigenvalue weighted by atomic mass is 9.80. The molecule has 174 valence electrons. The van der Waals surface area contributed by atoms with E-state index in [1.807, 2.05) is 20.8 Å². The van der Waals surface area contributed by atoms with Crippen LogP contribution < -0.4 is 5.32 Å². The minimum atomic E-state index is -5.67. The standard InChI is InChI=1S/C21H28F5N3O2/c1-19(2,3)31-18(30)29-12-13(15-6-4-5-7-16(15)29)10-27-17-9-8-14(11-28-17)20(22,23)21(24,25)26/h8-9,11,13,15-16H,4-7,10,12H2,1-3H3,(H,27,28). The summed E-state index contributed by atoms with van der Waals surface area (Å²) in [5.41, 5.74) is -1.79. The van der Waals surface area contributed by atoms with Gasteiger partial charge in [0.25, 0.3) is 0 Å². The average molecular weight is 449 g/mol. The largest absolute Gasteiger partial charge is 0.458 e. The molecule has 1 amide bonds. The molecule has 3 rings (SSSR count). The summed E-state index contributed by atoms with van der Waals surface area (Å²) >= 11 is 0. The number of hydrogen-bond donors (Lipinski definition) is 1. The second kappa shape index (κ2) is 8.43. The number of fused-ring (bicyclic) bond motifs is 1. The number of anilines is 1. The molecular weight excluding hydrogens is 421 g/mol. The topological polar surface area (TPSA) is 54.5 Å². The number of pyridine rings is 1. The van der Waals surface area contributed by atoms with Crippen LogP contribution in [0.4, 0.5) is 32.6 Å². The molecule has 0 aromatic carbocycles. The van der Waals surface area contributed by atoms with Gasteiger partial charge in [-0.25, -0.2) is 9.78 Å². The van der Waals surface area contributed by atoms with Gasteiger partial charge in [0, 0.05) is 30.9 Å². The van der Waals surface area contributed by atoms with E-state index >= 15 is 0 Å². The van der Waals surface area contributed by atoms with Crippen LogP contribution in [0.3, 0.4) is 0 Å². The fourth-order valence-electron chi connectivity index (χ4n) is 4.43. The second-order valence-corrected chi connectivity index (χ2v) is 9.29. The van der Waals surface area contributed by atoms with Gasteiger partial charge < -0.3 is 15.0 Å². The maximum Gasteiger partial charge on any atom is 0.458 e. The molecule has 31 heavy (non-hydrogen) atoms. The van der Waals surface area contributed by atoms with Crippen LogP contribution >= 0.6 is 0 Å². The van der Waals surface area contributed by atoms with Gasteiger partial charge >= 0.3 is 18.2 Å². The van der Waals surface area contributed by atoms with Crippen molar-refractivity contribution in [3.05, 3.63) is 23.9 Å². The van der Waals surface area contributed by atoms with Gasteiger partial charge in [-0.3, -0.25) is 0 Å². The predicted octanol–water partition coefficient (Wildman–Crippen LogP) is 5.57. The lowest BCUT2D eigenvalue weighted by Crippen LogP contribution is -2.42. The number of amides is 1. The van der Waals surface area contributed by atoms with Crippen molar-refractivity contribution in [1.29, 1.82) is 0 Å². The third-order valence-corrected chi connectivity index (χ3v) is 5.87. The molecule has 2 aliphatic rings. The molecule has 0 bridgehead atoms. The minimum Gasteiger partial charge on any atom is -0.444 e. The molecule has 10 heteroatoms. The van der Waals surface area contributed by atoms with Gasteiger partial charge in [0.2, 0.25) is 0 Å². The monoisotopic (exact) mass is 449 g/mol. The van der Waals surface area contributed by atoms with Crippen molar-refractivity contribution in [1.82, 2.24) is 9.88 Å². The summed E-state index contributed by atoms with van der Waals surface area (Å²) in [5, 5.41) is 3.03. The van der Waals surface area contributed by atoms with Crippen molar-refractivity contribution >= 4 is 11.9 Å². The highest BCUT2D eigenvalue weighted by atomic mass is 19.4. The van der Waals surface area contributed by atoms with E-state index in [-0.39, 0.29) is 29.8 Å². The highest BCUT2D eigenvalue weighted by Crippen LogP contribution is 2.44. The molecule has 1 aromatic heterocycles. The normalized spacial score (nSPS) is 24.6. The Labute approximate surface area is 178 Å². The Morgan fingerprint density at radius 1 is 1.16 bits per heavy atom. The molecule has 5 nitrogen and oxygen atoms in total. The molecule has 1 saturated heterocycles. The number of carbonyl (C=O) groups excluding carboxylic acids is 1. The fraction of sp³-hybridized carbons (Fsp3) is 0.714. The third-order valence-electron chi connectivity index (χ3n) is 5.87. The highest BCUT2D eigenvalue weighted by Gasteiger charge is 2.58. The van der Waals surface area contributed by atoms with Gasteiger partial charge in [0.1, 0.15) is 11.4 Å². The number of nitrogens with zero attached hydrogens (tertiary/aromatic N) is 2. The Balaban J connectivity index is 1.65. The molecule has 0 spiro atoms. The lowest BCUT2D eigenvalue weighted by Gasteiger charge is -2.33. The van der Waals surface area contributed by atoms with Crippen LogP contribution in [0.25, 0.3) is 0 Å². The summed E-state index contributed by atoms with van der Waals surface area (Å²) in [7, 11) is 0. The number of likely N-dealkylation sites (tertiary alicyclic amines) is 1. The van der Waals surface area contributed by atoms with Gasteiger partial charge in [-0.2, -0.15) is 22.0 Å². The van der Waals surface area contributed by atoms with E-state index in [2.05, 4.69) is 10.3 Å². The zero-order chi connectivity index (χ0) is 23.0. The zero-order valence-corrected chi connectivity index (χ0v) is 17.8. The molecule has 0 radical (unpaired) electrons. The number of halogens is 5. The van der Waals surface area contributed by atoms with Crippen molar-refractivity contribution in [3.8, 4) is 0 Å². The maximum absolute atomic E-state index is 13.4. The van der Waals surface area contributed by atoms with E-state index in [9.17, 15) is 26.7 Å². The van der Waals surface area contributed by atoms with E-state index in [1.54, 1.807) is 4.90 Å². The summed E-state index contributed by atoms with van der Waals surface area (Å²) < 4.78 is 69.9. The number of ether oxygens (including phenoxy) is 1. The van der Waals surface area contributed by atoms with Crippen molar-refractivity contribution < 1.29 is 31.5 Å². The maximum atomic E-state index is 13.4. The Kier molecular flexibility index (Phi) is 6.40. The molecule has 1 aliphatic heterocycles. The summed E-state index contributed by atoms with van der Waals surface area (Å²) in [6.45, 7) is 6.38. The first-order valence-electron chi connectivity index (χ1n) is 10.4. The number of rotatable bonds is 4. The Morgan fingerprint density at radius 3 is 2.42 bits per heavy atom. The first-order chi connectivity index (χ1) is 14.3. The molecule has 1 aromatic rings. The average Bonchev–Trinajstić information content (AvgIpc) is 3.03. The van der Waals surface area contributed by atoms with Gasteiger partial charge in [0.15, 0.2) is 0 Å². The zero-order valence-electron chi connectivity index (χ0n) is 17.8. The minimum absolute atomic E-state index is 0.0937. The highest BCUT2D eigenvalue weighted by molar-refractivity contribution is 5.69. The number of alkyl halides is 5. The first kappa shape index (κ1) is 23.5. The van der Waals surface area contributed by atoms with Crippen LogP contribution in [0.1, 0.15) is 52.0 Å².